The van der Waals surface area contributed by atoms with E-state index < -0.39 is 9.84 Å². The molecule has 1 saturated heterocycles. The van der Waals surface area contributed by atoms with Crippen LogP contribution >= 0.6 is 0 Å². The van der Waals surface area contributed by atoms with E-state index in [1.54, 1.807) is 24.3 Å². The van der Waals surface area contributed by atoms with Crippen LogP contribution in [0.25, 0.3) is 0 Å². The number of benzene rings is 1. The minimum absolute atomic E-state index is 0.0305. The van der Waals surface area contributed by atoms with Gasteiger partial charge in [-0.2, -0.15) is 0 Å². The lowest BCUT2D eigenvalue weighted by Gasteiger charge is -2.41. The van der Waals surface area contributed by atoms with Gasteiger partial charge in [-0.25, -0.2) is 8.42 Å². The van der Waals surface area contributed by atoms with Crippen LogP contribution in [0.5, 0.6) is 0 Å². The van der Waals surface area contributed by atoms with Gasteiger partial charge < -0.3 is 5.32 Å². The molecule has 21 heavy (non-hydrogen) atoms. The number of nitrogens with one attached hydrogen (secondary N) is 1. The van der Waals surface area contributed by atoms with Gasteiger partial charge in [0.25, 0.3) is 0 Å². The molecule has 1 aliphatic carbocycles. The maximum absolute atomic E-state index is 12.6. The molecule has 4 nitrogen and oxygen atoms in total. The minimum atomic E-state index is -3.29. The topological polar surface area (TPSA) is 63.2 Å². The number of rotatable bonds is 3. The van der Waals surface area contributed by atoms with Crippen molar-refractivity contribution in [1.29, 1.82) is 0 Å². The third kappa shape index (κ3) is 2.84. The average Bonchev–Trinajstić information content (AvgIpc) is 2.84. The molecule has 0 radical (unpaired) electrons. The second-order valence-electron chi connectivity index (χ2n) is 6.24. The lowest BCUT2D eigenvalue weighted by atomic mass is 9.73. The highest BCUT2D eigenvalue weighted by Gasteiger charge is 2.46. The summed E-state index contributed by atoms with van der Waals surface area (Å²) in [5.41, 5.74) is -0.281. The van der Waals surface area contributed by atoms with E-state index in [0.29, 0.717) is 11.3 Å². The maximum atomic E-state index is 12.6. The molecular weight excluding hydrogens is 286 g/mol. The first-order valence-corrected chi connectivity index (χ1v) is 9.26. The number of amides is 1. The van der Waals surface area contributed by atoms with Gasteiger partial charge in [-0.05, 0) is 37.3 Å². The Morgan fingerprint density at radius 2 is 1.90 bits per heavy atom. The van der Waals surface area contributed by atoms with Gasteiger partial charge in [0.15, 0.2) is 9.84 Å². The SMILES string of the molecule is O=C1CC[C@]2(CCCC[C@H]2CS(=O)(=O)c2ccccc2)N1. The number of hydrogen-bond donors (Lipinski definition) is 1. The standard InChI is InChI=1S/C16H21NO3S/c18-15-9-11-16(17-15)10-5-4-6-13(16)12-21(19,20)14-7-2-1-3-8-14/h1-3,7-8,13H,4-6,9-12H2,(H,17,18)/t13-,16-/m0/s1. The normalized spacial score (nSPS) is 29.5. The summed E-state index contributed by atoms with van der Waals surface area (Å²) in [5.74, 6) is 0.235. The molecule has 1 N–H and O–H groups in total. The molecule has 1 saturated carbocycles. The van der Waals surface area contributed by atoms with Crippen molar-refractivity contribution in [2.75, 3.05) is 5.75 Å². The van der Waals surface area contributed by atoms with Crippen molar-refractivity contribution >= 4 is 15.7 Å². The predicted molar refractivity (Wildman–Crippen MR) is 80.6 cm³/mol. The summed E-state index contributed by atoms with van der Waals surface area (Å²) in [6.45, 7) is 0. The number of carbonyl (C=O) groups excluding carboxylic acids is 1. The molecule has 114 valence electrons. The molecule has 1 amide bonds. The molecule has 0 unspecified atom stereocenters. The van der Waals surface area contributed by atoms with Crippen LogP contribution in [0.1, 0.15) is 38.5 Å². The molecule has 3 rings (SSSR count). The largest absolute Gasteiger partial charge is 0.350 e. The van der Waals surface area contributed by atoms with E-state index in [4.69, 9.17) is 0 Å². The van der Waals surface area contributed by atoms with Crippen LogP contribution < -0.4 is 5.32 Å². The van der Waals surface area contributed by atoms with E-state index in [-0.39, 0.29) is 23.1 Å². The third-order valence-corrected chi connectivity index (χ3v) is 6.75. The van der Waals surface area contributed by atoms with E-state index in [9.17, 15) is 13.2 Å². The van der Waals surface area contributed by atoms with Crippen molar-refractivity contribution in [2.45, 2.75) is 49.0 Å². The molecule has 1 aromatic carbocycles. The first kappa shape index (κ1) is 14.6. The summed E-state index contributed by atoms with van der Waals surface area (Å²) in [7, 11) is -3.29. The fraction of sp³-hybridized carbons (Fsp3) is 0.562. The molecule has 1 spiro atoms. The highest BCUT2D eigenvalue weighted by Crippen LogP contribution is 2.41. The van der Waals surface area contributed by atoms with Gasteiger partial charge >= 0.3 is 0 Å². The number of hydrogen-bond acceptors (Lipinski definition) is 3. The molecule has 0 aromatic heterocycles. The van der Waals surface area contributed by atoms with Crippen molar-refractivity contribution < 1.29 is 13.2 Å². The van der Waals surface area contributed by atoms with E-state index in [0.717, 1.165) is 32.1 Å². The zero-order valence-corrected chi connectivity index (χ0v) is 12.9. The molecule has 2 fully saturated rings. The van der Waals surface area contributed by atoms with Crippen LogP contribution in [-0.2, 0) is 14.6 Å². The van der Waals surface area contributed by atoms with Crippen molar-refractivity contribution in [1.82, 2.24) is 5.32 Å². The van der Waals surface area contributed by atoms with E-state index in [2.05, 4.69) is 5.32 Å². The summed E-state index contributed by atoms with van der Waals surface area (Å²) in [6, 6.07) is 8.62. The minimum Gasteiger partial charge on any atom is -0.350 e. The summed E-state index contributed by atoms with van der Waals surface area (Å²) in [5, 5.41) is 3.09. The average molecular weight is 307 g/mol. The molecule has 5 heteroatoms. The smallest absolute Gasteiger partial charge is 0.220 e. The van der Waals surface area contributed by atoms with Crippen LogP contribution in [0.15, 0.2) is 35.2 Å². The Hall–Kier alpha value is -1.36. The number of sulfone groups is 1. The molecule has 1 heterocycles. The molecule has 2 aliphatic rings. The third-order valence-electron chi connectivity index (χ3n) is 4.92. The van der Waals surface area contributed by atoms with Gasteiger partial charge in [-0.1, -0.05) is 31.0 Å². The fourth-order valence-electron chi connectivity index (χ4n) is 3.78. The highest BCUT2D eigenvalue weighted by molar-refractivity contribution is 7.91. The Balaban J connectivity index is 1.84. The van der Waals surface area contributed by atoms with E-state index in [1.165, 1.54) is 0 Å². The summed E-state index contributed by atoms with van der Waals surface area (Å²) in [4.78, 5) is 12.0. The first-order chi connectivity index (χ1) is 10.0. The molecule has 1 aliphatic heterocycles. The molecular formula is C16H21NO3S. The van der Waals surface area contributed by atoms with Crippen molar-refractivity contribution in [2.24, 2.45) is 5.92 Å². The Morgan fingerprint density at radius 3 is 2.57 bits per heavy atom. The van der Waals surface area contributed by atoms with Crippen LogP contribution in [0, 0.1) is 5.92 Å². The first-order valence-electron chi connectivity index (χ1n) is 7.61. The van der Waals surface area contributed by atoms with Crippen molar-refractivity contribution in [3.8, 4) is 0 Å². The quantitative estimate of drug-likeness (QED) is 0.932. The van der Waals surface area contributed by atoms with Gasteiger partial charge in [-0.3, -0.25) is 4.79 Å². The fourth-order valence-corrected chi connectivity index (χ4v) is 5.56. The van der Waals surface area contributed by atoms with E-state index in [1.807, 2.05) is 6.07 Å². The highest BCUT2D eigenvalue weighted by atomic mass is 32.2. The van der Waals surface area contributed by atoms with Gasteiger partial charge in [0.1, 0.15) is 0 Å². The van der Waals surface area contributed by atoms with Gasteiger partial charge in [0.05, 0.1) is 10.6 Å². The Kier molecular flexibility index (Phi) is 3.78. The van der Waals surface area contributed by atoms with Crippen LogP contribution in [-0.4, -0.2) is 25.6 Å². The molecule has 0 bridgehead atoms. The van der Waals surface area contributed by atoms with Crippen LogP contribution in [0.4, 0.5) is 0 Å². The van der Waals surface area contributed by atoms with Crippen LogP contribution in [0.3, 0.4) is 0 Å². The molecule has 1 aromatic rings. The Morgan fingerprint density at radius 1 is 1.14 bits per heavy atom. The lowest BCUT2D eigenvalue weighted by molar-refractivity contribution is -0.120. The van der Waals surface area contributed by atoms with Crippen molar-refractivity contribution in [3.05, 3.63) is 30.3 Å². The Bertz CT molecular complexity index is 626. The second kappa shape index (κ2) is 5.44. The zero-order chi connectivity index (χ0) is 14.9. The monoisotopic (exact) mass is 307 g/mol. The lowest BCUT2D eigenvalue weighted by Crippen LogP contribution is -2.52. The maximum Gasteiger partial charge on any atom is 0.220 e. The van der Waals surface area contributed by atoms with Crippen LogP contribution in [0.2, 0.25) is 0 Å². The zero-order valence-electron chi connectivity index (χ0n) is 12.0. The number of carbonyl (C=O) groups is 1. The van der Waals surface area contributed by atoms with Gasteiger partial charge in [0, 0.05) is 12.0 Å². The summed E-state index contributed by atoms with van der Waals surface area (Å²) >= 11 is 0. The van der Waals surface area contributed by atoms with Gasteiger partial charge in [-0.15, -0.1) is 0 Å². The summed E-state index contributed by atoms with van der Waals surface area (Å²) in [6.07, 6.45) is 5.22. The van der Waals surface area contributed by atoms with Crippen molar-refractivity contribution in [3.63, 3.8) is 0 Å². The van der Waals surface area contributed by atoms with E-state index >= 15 is 0 Å². The summed E-state index contributed by atoms with van der Waals surface area (Å²) < 4.78 is 25.2. The van der Waals surface area contributed by atoms with Gasteiger partial charge in [0.2, 0.25) is 5.91 Å². The Labute approximate surface area is 125 Å². The predicted octanol–water partition coefficient (Wildman–Crippen LogP) is 2.30. The molecule has 2 atom stereocenters. The second-order valence-corrected chi connectivity index (χ2v) is 8.28.